The van der Waals surface area contributed by atoms with Crippen LogP contribution >= 0.6 is 0 Å². The first-order valence-corrected chi connectivity index (χ1v) is 12.3. The lowest BCUT2D eigenvalue weighted by atomic mass is 9.85. The fraction of sp³-hybridized carbons (Fsp3) is 0.323. The summed E-state index contributed by atoms with van der Waals surface area (Å²) < 4.78 is 0. The Labute approximate surface area is 208 Å². The van der Waals surface area contributed by atoms with Crippen molar-refractivity contribution in [1.29, 1.82) is 0 Å². The van der Waals surface area contributed by atoms with Gasteiger partial charge in [0, 0.05) is 17.7 Å². The monoisotopic (exact) mass is 467 g/mol. The number of hydrogen-bond acceptors (Lipinski definition) is 3. The minimum Gasteiger partial charge on any atom is -0.295 e. The Morgan fingerprint density at radius 1 is 1.03 bits per heavy atom. The van der Waals surface area contributed by atoms with Crippen LogP contribution in [0.3, 0.4) is 0 Å². The average molecular weight is 468 g/mol. The zero-order valence-corrected chi connectivity index (χ0v) is 20.9. The zero-order valence-electron chi connectivity index (χ0n) is 20.9. The van der Waals surface area contributed by atoms with Gasteiger partial charge in [-0.25, -0.2) is 0 Å². The maximum Gasteiger partial charge on any atom is 0.262 e. The predicted molar refractivity (Wildman–Crippen MR) is 142 cm³/mol. The lowest BCUT2D eigenvalue weighted by Gasteiger charge is -2.32. The summed E-state index contributed by atoms with van der Waals surface area (Å²) in [6.07, 6.45) is 4.58. The summed E-state index contributed by atoms with van der Waals surface area (Å²) in [5.41, 5.74) is 4.00. The molecule has 0 radical (unpaired) electrons. The molecule has 2 aromatic rings. The van der Waals surface area contributed by atoms with Crippen LogP contribution in [0.1, 0.15) is 75.5 Å². The molecule has 180 valence electrons. The Morgan fingerprint density at radius 3 is 2.29 bits per heavy atom. The molecule has 1 aliphatic heterocycles. The van der Waals surface area contributed by atoms with Gasteiger partial charge in [0.1, 0.15) is 5.54 Å². The third-order valence-electron chi connectivity index (χ3n) is 7.28. The highest BCUT2D eigenvalue weighted by atomic mass is 16.2. The first kappa shape index (κ1) is 24.6. The van der Waals surface area contributed by atoms with Crippen LogP contribution in [0.2, 0.25) is 0 Å². The number of Topliss-reactive ketones (excluding diaryl/α,β-unsaturated/α-hetero) is 2. The summed E-state index contributed by atoms with van der Waals surface area (Å²) in [6.45, 7) is 14.3. The van der Waals surface area contributed by atoms with Crippen molar-refractivity contribution in [3.8, 4) is 0 Å². The molecule has 0 atom stereocenters. The molecular weight excluding hydrogens is 434 g/mol. The van der Waals surface area contributed by atoms with Gasteiger partial charge in [-0.05, 0) is 54.5 Å². The smallest absolute Gasteiger partial charge is 0.262 e. The zero-order chi connectivity index (χ0) is 25.3. The molecular formula is C31H33NO3. The van der Waals surface area contributed by atoms with E-state index in [1.54, 1.807) is 4.90 Å². The summed E-state index contributed by atoms with van der Waals surface area (Å²) in [7, 11) is 0. The lowest BCUT2D eigenvalue weighted by molar-refractivity contribution is -0.118. The SMILES string of the molecule is C=C(C)c1cccc(C(C)C)c1C(=C)C(=O)CC=C1C(=O)N(c2ccccc2)C2(CCCC2)C1=O. The molecule has 2 aromatic carbocycles. The van der Waals surface area contributed by atoms with Crippen molar-refractivity contribution in [2.24, 2.45) is 0 Å². The molecule has 2 fully saturated rings. The number of para-hydroxylation sites is 1. The van der Waals surface area contributed by atoms with Gasteiger partial charge in [0.2, 0.25) is 0 Å². The fourth-order valence-electron chi connectivity index (χ4n) is 5.50. The molecule has 35 heavy (non-hydrogen) atoms. The number of benzene rings is 2. The van der Waals surface area contributed by atoms with Gasteiger partial charge < -0.3 is 0 Å². The van der Waals surface area contributed by atoms with E-state index in [2.05, 4.69) is 27.0 Å². The predicted octanol–water partition coefficient (Wildman–Crippen LogP) is 6.67. The molecule has 1 heterocycles. The summed E-state index contributed by atoms with van der Waals surface area (Å²) >= 11 is 0. The molecule has 1 aliphatic carbocycles. The van der Waals surface area contributed by atoms with E-state index in [-0.39, 0.29) is 35.4 Å². The van der Waals surface area contributed by atoms with E-state index >= 15 is 0 Å². The van der Waals surface area contributed by atoms with Crippen molar-refractivity contribution >= 4 is 34.3 Å². The van der Waals surface area contributed by atoms with Crippen molar-refractivity contribution in [2.45, 2.75) is 64.3 Å². The fourth-order valence-corrected chi connectivity index (χ4v) is 5.50. The molecule has 1 spiro atoms. The van der Waals surface area contributed by atoms with E-state index in [9.17, 15) is 14.4 Å². The number of carbonyl (C=O) groups is 3. The minimum atomic E-state index is -0.832. The van der Waals surface area contributed by atoms with Gasteiger partial charge in [0.05, 0.1) is 5.57 Å². The third-order valence-corrected chi connectivity index (χ3v) is 7.28. The summed E-state index contributed by atoms with van der Waals surface area (Å²) in [6, 6.07) is 15.3. The quantitative estimate of drug-likeness (QED) is 0.337. The Kier molecular flexibility index (Phi) is 6.75. The largest absolute Gasteiger partial charge is 0.295 e. The maximum atomic E-state index is 13.6. The van der Waals surface area contributed by atoms with Crippen LogP contribution in [0.4, 0.5) is 5.69 Å². The van der Waals surface area contributed by atoms with Gasteiger partial charge in [-0.15, -0.1) is 0 Å². The van der Waals surface area contributed by atoms with Crippen LogP contribution in [0.25, 0.3) is 11.1 Å². The van der Waals surface area contributed by atoms with E-state index in [0.29, 0.717) is 18.4 Å². The van der Waals surface area contributed by atoms with E-state index in [0.717, 1.165) is 40.8 Å². The number of rotatable bonds is 7. The number of ketones is 2. The third kappa shape index (κ3) is 4.22. The van der Waals surface area contributed by atoms with Crippen LogP contribution < -0.4 is 4.90 Å². The lowest BCUT2D eigenvalue weighted by Crippen LogP contribution is -2.47. The van der Waals surface area contributed by atoms with Crippen molar-refractivity contribution in [3.63, 3.8) is 0 Å². The number of allylic oxidation sites excluding steroid dienone is 3. The van der Waals surface area contributed by atoms with E-state index in [1.165, 1.54) is 6.08 Å². The Bertz CT molecular complexity index is 1240. The molecule has 4 heteroatoms. The van der Waals surface area contributed by atoms with Crippen LogP contribution in [0.15, 0.2) is 73.3 Å². The number of hydrogen-bond donors (Lipinski definition) is 0. The highest BCUT2D eigenvalue weighted by molar-refractivity contribution is 6.35. The molecule has 1 amide bonds. The molecule has 1 saturated heterocycles. The summed E-state index contributed by atoms with van der Waals surface area (Å²) in [5.74, 6) is -0.474. The Hall–Kier alpha value is -3.53. The van der Waals surface area contributed by atoms with Gasteiger partial charge in [-0.2, -0.15) is 0 Å². The second-order valence-corrected chi connectivity index (χ2v) is 9.97. The highest BCUT2D eigenvalue weighted by Crippen LogP contribution is 2.45. The van der Waals surface area contributed by atoms with Gasteiger partial charge >= 0.3 is 0 Å². The van der Waals surface area contributed by atoms with Gasteiger partial charge in [-0.1, -0.05) is 87.9 Å². The normalized spacial score (nSPS) is 18.2. The Morgan fingerprint density at radius 2 is 1.69 bits per heavy atom. The molecule has 0 aromatic heterocycles. The van der Waals surface area contributed by atoms with Crippen molar-refractivity contribution < 1.29 is 14.4 Å². The Balaban J connectivity index is 1.66. The van der Waals surface area contributed by atoms with E-state index in [4.69, 9.17) is 0 Å². The maximum absolute atomic E-state index is 13.6. The van der Waals surface area contributed by atoms with Gasteiger partial charge in [0.25, 0.3) is 5.91 Å². The van der Waals surface area contributed by atoms with Crippen molar-refractivity contribution in [3.05, 3.63) is 90.0 Å². The van der Waals surface area contributed by atoms with E-state index < -0.39 is 5.54 Å². The van der Waals surface area contributed by atoms with E-state index in [1.807, 2.05) is 55.5 Å². The molecule has 0 bridgehead atoms. The molecule has 1 saturated carbocycles. The first-order valence-electron chi connectivity index (χ1n) is 12.3. The number of amides is 1. The average Bonchev–Trinajstić information content (AvgIpc) is 3.41. The molecule has 2 aliphatic rings. The molecule has 0 N–H and O–H groups in total. The summed E-state index contributed by atoms with van der Waals surface area (Å²) in [4.78, 5) is 42.1. The number of anilines is 1. The highest BCUT2D eigenvalue weighted by Gasteiger charge is 2.57. The topological polar surface area (TPSA) is 54.5 Å². The number of nitrogens with zero attached hydrogens (tertiary/aromatic N) is 1. The second kappa shape index (κ2) is 9.61. The molecule has 4 nitrogen and oxygen atoms in total. The summed E-state index contributed by atoms with van der Waals surface area (Å²) in [5, 5.41) is 0. The standard InChI is InChI=1S/C31H33NO3/c1-20(2)24-14-11-15-25(21(3)4)28(24)22(5)27(33)17-16-26-29(34)31(18-9-10-19-31)32(30(26)35)23-12-7-6-8-13-23/h6-8,11-16,21H,1,5,9-10,17-19H2,2-4H3. The van der Waals surface area contributed by atoms with Crippen molar-refractivity contribution in [1.82, 2.24) is 0 Å². The first-order chi connectivity index (χ1) is 16.7. The van der Waals surface area contributed by atoms with Gasteiger partial charge in [-0.3, -0.25) is 19.3 Å². The van der Waals surface area contributed by atoms with Crippen LogP contribution in [-0.2, 0) is 14.4 Å². The minimum absolute atomic E-state index is 0.0492. The molecule has 4 rings (SSSR count). The van der Waals surface area contributed by atoms with Crippen molar-refractivity contribution in [2.75, 3.05) is 4.90 Å². The van der Waals surface area contributed by atoms with Crippen LogP contribution in [0.5, 0.6) is 0 Å². The van der Waals surface area contributed by atoms with Gasteiger partial charge in [0.15, 0.2) is 11.6 Å². The number of carbonyl (C=O) groups excluding carboxylic acids is 3. The van der Waals surface area contributed by atoms with Crippen LogP contribution in [0, 0.1) is 0 Å². The van der Waals surface area contributed by atoms with Crippen LogP contribution in [-0.4, -0.2) is 23.0 Å². The molecule has 0 unspecified atom stereocenters. The second-order valence-electron chi connectivity index (χ2n) is 9.97.